The van der Waals surface area contributed by atoms with E-state index in [4.69, 9.17) is 4.74 Å². The highest BCUT2D eigenvalue weighted by atomic mass is 16.5. The van der Waals surface area contributed by atoms with Gasteiger partial charge in [0.15, 0.2) is 0 Å². The molecule has 1 amide bonds. The van der Waals surface area contributed by atoms with Crippen LogP contribution in [0, 0.1) is 12.3 Å². The molecular formula is C22H32N2O2. The minimum absolute atomic E-state index is 0.0215. The van der Waals surface area contributed by atoms with Gasteiger partial charge in [-0.3, -0.25) is 4.79 Å². The first kappa shape index (κ1) is 20.2. The van der Waals surface area contributed by atoms with Crippen molar-refractivity contribution in [1.82, 2.24) is 9.47 Å². The third kappa shape index (κ3) is 6.34. The molecule has 0 spiro atoms. The SMILES string of the molecule is COCCN(Cc1cccn1Cc1ccc(C)cc1)C(=O)CC(C)(C)C. The molecule has 0 saturated carbocycles. The Morgan fingerprint density at radius 1 is 1.15 bits per heavy atom. The van der Waals surface area contributed by atoms with Gasteiger partial charge in [-0.25, -0.2) is 0 Å². The number of ether oxygens (including phenoxy) is 1. The summed E-state index contributed by atoms with van der Waals surface area (Å²) >= 11 is 0. The van der Waals surface area contributed by atoms with Crippen molar-refractivity contribution in [3.8, 4) is 0 Å². The average molecular weight is 357 g/mol. The van der Waals surface area contributed by atoms with Crippen LogP contribution in [0.5, 0.6) is 0 Å². The zero-order valence-corrected chi connectivity index (χ0v) is 16.8. The van der Waals surface area contributed by atoms with Crippen LogP contribution in [0.15, 0.2) is 42.6 Å². The molecule has 0 saturated heterocycles. The molecule has 2 rings (SSSR count). The van der Waals surface area contributed by atoms with Gasteiger partial charge in [-0.05, 0) is 30.0 Å². The van der Waals surface area contributed by atoms with Crippen molar-refractivity contribution in [3.05, 3.63) is 59.4 Å². The zero-order valence-electron chi connectivity index (χ0n) is 16.8. The van der Waals surface area contributed by atoms with E-state index < -0.39 is 0 Å². The summed E-state index contributed by atoms with van der Waals surface area (Å²) in [4.78, 5) is 14.7. The zero-order chi connectivity index (χ0) is 19.2. The van der Waals surface area contributed by atoms with Crippen molar-refractivity contribution in [2.75, 3.05) is 20.3 Å². The number of aryl methyl sites for hydroxylation is 1. The predicted octanol–water partition coefficient (Wildman–Crippen LogP) is 4.26. The molecule has 0 aliphatic carbocycles. The minimum Gasteiger partial charge on any atom is -0.383 e. The van der Waals surface area contributed by atoms with Crippen LogP contribution in [0.4, 0.5) is 0 Å². The first-order chi connectivity index (χ1) is 12.3. The van der Waals surface area contributed by atoms with E-state index in [1.54, 1.807) is 7.11 Å². The van der Waals surface area contributed by atoms with Crippen LogP contribution in [0.25, 0.3) is 0 Å². The normalized spacial score (nSPS) is 11.6. The summed E-state index contributed by atoms with van der Waals surface area (Å²) in [5.41, 5.74) is 3.65. The number of rotatable bonds is 8. The largest absolute Gasteiger partial charge is 0.383 e. The Labute approximate surface area is 157 Å². The summed E-state index contributed by atoms with van der Waals surface area (Å²) in [6, 6.07) is 12.7. The number of hydrogen-bond acceptors (Lipinski definition) is 2. The Kier molecular flexibility index (Phi) is 7.04. The maximum atomic E-state index is 12.8. The highest BCUT2D eigenvalue weighted by Crippen LogP contribution is 2.21. The molecule has 0 fully saturated rings. The molecule has 0 unspecified atom stereocenters. The van der Waals surface area contributed by atoms with Crippen LogP contribution >= 0.6 is 0 Å². The highest BCUT2D eigenvalue weighted by Gasteiger charge is 2.22. The van der Waals surface area contributed by atoms with Crippen molar-refractivity contribution >= 4 is 5.91 Å². The molecule has 0 radical (unpaired) electrons. The molecule has 1 heterocycles. The molecule has 1 aromatic carbocycles. The second-order valence-corrected chi connectivity index (χ2v) is 8.16. The maximum absolute atomic E-state index is 12.8. The van der Waals surface area contributed by atoms with Gasteiger partial charge in [0.25, 0.3) is 0 Å². The van der Waals surface area contributed by atoms with Crippen molar-refractivity contribution in [1.29, 1.82) is 0 Å². The molecule has 0 N–H and O–H groups in total. The van der Waals surface area contributed by atoms with Crippen LogP contribution in [0.3, 0.4) is 0 Å². The third-order valence-corrected chi connectivity index (χ3v) is 4.35. The van der Waals surface area contributed by atoms with E-state index in [2.05, 4.69) is 68.8 Å². The standard InChI is InChI=1S/C22H32N2O2/c1-18-8-10-19(11-9-18)16-23-12-6-7-20(23)17-24(13-14-26-5)21(25)15-22(2,3)4/h6-12H,13-17H2,1-5H3. The highest BCUT2D eigenvalue weighted by molar-refractivity contribution is 5.76. The fraction of sp³-hybridized carbons (Fsp3) is 0.500. The molecule has 0 bridgehead atoms. The summed E-state index contributed by atoms with van der Waals surface area (Å²) < 4.78 is 7.43. The van der Waals surface area contributed by atoms with E-state index in [9.17, 15) is 4.79 Å². The molecule has 0 aliphatic heterocycles. The molecule has 2 aromatic rings. The molecule has 26 heavy (non-hydrogen) atoms. The Hall–Kier alpha value is -2.07. The molecule has 142 valence electrons. The van der Waals surface area contributed by atoms with Crippen molar-refractivity contribution in [2.24, 2.45) is 5.41 Å². The summed E-state index contributed by atoms with van der Waals surface area (Å²) in [5, 5.41) is 0. The van der Waals surface area contributed by atoms with Gasteiger partial charge in [-0.2, -0.15) is 0 Å². The number of methoxy groups -OCH3 is 1. The summed E-state index contributed by atoms with van der Waals surface area (Å²) in [5.74, 6) is 0.178. The van der Waals surface area contributed by atoms with Crippen LogP contribution in [-0.2, 0) is 22.6 Å². The lowest BCUT2D eigenvalue weighted by Crippen LogP contribution is -2.36. The Bertz CT molecular complexity index is 696. The number of benzene rings is 1. The number of amides is 1. The average Bonchev–Trinajstić information content (AvgIpc) is 2.98. The lowest BCUT2D eigenvalue weighted by molar-refractivity contribution is -0.134. The quantitative estimate of drug-likeness (QED) is 0.708. The fourth-order valence-corrected chi connectivity index (χ4v) is 2.89. The van der Waals surface area contributed by atoms with E-state index in [0.29, 0.717) is 26.1 Å². The van der Waals surface area contributed by atoms with E-state index in [-0.39, 0.29) is 11.3 Å². The third-order valence-electron chi connectivity index (χ3n) is 4.35. The molecule has 0 aliphatic rings. The van der Waals surface area contributed by atoms with Gasteiger partial charge < -0.3 is 14.2 Å². The van der Waals surface area contributed by atoms with Crippen molar-refractivity contribution in [2.45, 2.75) is 47.2 Å². The van der Waals surface area contributed by atoms with Gasteiger partial charge in [0.1, 0.15) is 0 Å². The smallest absolute Gasteiger partial charge is 0.223 e. The second kappa shape index (κ2) is 9.04. The lowest BCUT2D eigenvalue weighted by atomic mass is 9.91. The molecular weight excluding hydrogens is 324 g/mol. The number of carbonyl (C=O) groups is 1. The summed E-state index contributed by atoms with van der Waals surface area (Å²) in [6.45, 7) is 11.0. The van der Waals surface area contributed by atoms with Crippen LogP contribution < -0.4 is 0 Å². The van der Waals surface area contributed by atoms with Crippen LogP contribution in [0.2, 0.25) is 0 Å². The number of carbonyl (C=O) groups excluding carboxylic acids is 1. The van der Waals surface area contributed by atoms with Crippen molar-refractivity contribution < 1.29 is 9.53 Å². The number of aromatic nitrogens is 1. The van der Waals surface area contributed by atoms with E-state index in [1.165, 1.54) is 11.1 Å². The first-order valence-corrected chi connectivity index (χ1v) is 9.25. The molecule has 4 nitrogen and oxygen atoms in total. The monoisotopic (exact) mass is 356 g/mol. The second-order valence-electron chi connectivity index (χ2n) is 8.16. The van der Waals surface area contributed by atoms with Crippen LogP contribution in [-0.4, -0.2) is 35.6 Å². The van der Waals surface area contributed by atoms with E-state index in [0.717, 1.165) is 12.2 Å². The molecule has 0 atom stereocenters. The Morgan fingerprint density at radius 3 is 2.46 bits per heavy atom. The minimum atomic E-state index is -0.0215. The van der Waals surface area contributed by atoms with E-state index >= 15 is 0 Å². The molecule has 4 heteroatoms. The van der Waals surface area contributed by atoms with Gasteiger partial charge in [0.05, 0.1) is 13.2 Å². The van der Waals surface area contributed by atoms with E-state index in [1.807, 2.05) is 11.0 Å². The lowest BCUT2D eigenvalue weighted by Gasteiger charge is -2.27. The Balaban J connectivity index is 2.11. The topological polar surface area (TPSA) is 34.5 Å². The number of nitrogens with zero attached hydrogens (tertiary/aromatic N) is 2. The first-order valence-electron chi connectivity index (χ1n) is 9.25. The van der Waals surface area contributed by atoms with Crippen LogP contribution in [0.1, 0.15) is 44.0 Å². The van der Waals surface area contributed by atoms with Gasteiger partial charge in [0, 0.05) is 38.5 Å². The van der Waals surface area contributed by atoms with Gasteiger partial charge in [0.2, 0.25) is 5.91 Å². The van der Waals surface area contributed by atoms with Gasteiger partial charge >= 0.3 is 0 Å². The van der Waals surface area contributed by atoms with Gasteiger partial charge in [-0.15, -0.1) is 0 Å². The summed E-state index contributed by atoms with van der Waals surface area (Å²) in [7, 11) is 1.67. The summed E-state index contributed by atoms with van der Waals surface area (Å²) in [6.07, 6.45) is 2.62. The maximum Gasteiger partial charge on any atom is 0.223 e. The fourth-order valence-electron chi connectivity index (χ4n) is 2.89. The van der Waals surface area contributed by atoms with Gasteiger partial charge in [-0.1, -0.05) is 50.6 Å². The predicted molar refractivity (Wildman–Crippen MR) is 106 cm³/mol. The molecule has 1 aromatic heterocycles. The van der Waals surface area contributed by atoms with Crippen molar-refractivity contribution in [3.63, 3.8) is 0 Å². The Morgan fingerprint density at radius 2 is 1.85 bits per heavy atom. The number of hydrogen-bond donors (Lipinski definition) is 0.